The zero-order valence-electron chi connectivity index (χ0n) is 12.9. The smallest absolute Gasteiger partial charge is 0.253 e. The number of likely N-dealkylation sites (tertiary alicyclic amines) is 1. The lowest BCUT2D eigenvalue weighted by molar-refractivity contribution is -0.122. The number of benzene rings is 1. The van der Waals surface area contributed by atoms with Crippen molar-refractivity contribution in [2.75, 3.05) is 18.4 Å². The summed E-state index contributed by atoms with van der Waals surface area (Å²) in [7, 11) is 0. The zero-order chi connectivity index (χ0) is 16.1. The molecule has 0 saturated carbocycles. The second kappa shape index (κ2) is 7.35. The van der Waals surface area contributed by atoms with Crippen LogP contribution in [0.2, 0.25) is 0 Å². The van der Waals surface area contributed by atoms with Crippen molar-refractivity contribution in [3.8, 4) is 0 Å². The molecule has 1 saturated heterocycles. The second-order valence-corrected chi connectivity index (χ2v) is 6.08. The molecule has 0 unspecified atom stereocenters. The minimum atomic E-state index is -0.127. The Morgan fingerprint density at radius 3 is 2.27 bits per heavy atom. The van der Waals surface area contributed by atoms with E-state index in [2.05, 4.69) is 10.6 Å². The lowest BCUT2D eigenvalue weighted by Gasteiger charge is -2.15. The molecule has 2 N–H and O–H groups in total. The summed E-state index contributed by atoms with van der Waals surface area (Å²) in [6.45, 7) is 5.28. The summed E-state index contributed by atoms with van der Waals surface area (Å²) in [5.41, 5.74) is 1.41. The number of hydrogen-bond donors (Lipinski definition) is 2. The van der Waals surface area contributed by atoms with Gasteiger partial charge in [-0.15, -0.1) is 0 Å². The normalized spacial score (nSPS) is 14.0. The van der Waals surface area contributed by atoms with Crippen LogP contribution in [0.5, 0.6) is 0 Å². The zero-order valence-corrected chi connectivity index (χ0v) is 13.7. The predicted octanol–water partition coefficient (Wildman–Crippen LogP) is 2.39. The molecule has 1 fully saturated rings. The third kappa shape index (κ3) is 4.27. The van der Waals surface area contributed by atoms with E-state index in [0.717, 1.165) is 31.6 Å². The molecule has 1 heterocycles. The summed E-state index contributed by atoms with van der Waals surface area (Å²) < 4.78 is 0. The number of amides is 2. The van der Waals surface area contributed by atoms with E-state index in [4.69, 9.17) is 12.2 Å². The van der Waals surface area contributed by atoms with E-state index < -0.39 is 0 Å². The maximum atomic E-state index is 12.2. The number of carbonyl (C=O) groups is 2. The third-order valence-corrected chi connectivity index (χ3v) is 3.75. The summed E-state index contributed by atoms with van der Waals surface area (Å²) in [5.74, 6) is -0.182. The van der Waals surface area contributed by atoms with Crippen LogP contribution in [0.3, 0.4) is 0 Å². The van der Waals surface area contributed by atoms with Crippen molar-refractivity contribution in [2.45, 2.75) is 26.7 Å². The van der Waals surface area contributed by atoms with E-state index in [0.29, 0.717) is 5.56 Å². The van der Waals surface area contributed by atoms with Crippen molar-refractivity contribution in [1.29, 1.82) is 0 Å². The molecule has 1 aliphatic heterocycles. The fourth-order valence-corrected chi connectivity index (χ4v) is 2.44. The van der Waals surface area contributed by atoms with Crippen molar-refractivity contribution >= 4 is 34.8 Å². The van der Waals surface area contributed by atoms with Crippen molar-refractivity contribution in [1.82, 2.24) is 10.2 Å². The summed E-state index contributed by atoms with van der Waals surface area (Å²) in [6.07, 6.45) is 2.16. The monoisotopic (exact) mass is 319 g/mol. The van der Waals surface area contributed by atoms with Crippen molar-refractivity contribution < 1.29 is 9.59 Å². The third-order valence-electron chi connectivity index (χ3n) is 3.54. The molecule has 5 nitrogen and oxygen atoms in total. The Kier molecular flexibility index (Phi) is 5.49. The Morgan fingerprint density at radius 2 is 1.73 bits per heavy atom. The molecule has 1 aromatic rings. The van der Waals surface area contributed by atoms with E-state index in [1.807, 2.05) is 4.90 Å². The quantitative estimate of drug-likeness (QED) is 0.840. The van der Waals surface area contributed by atoms with Crippen LogP contribution in [0.15, 0.2) is 24.3 Å². The first-order valence-corrected chi connectivity index (χ1v) is 7.89. The van der Waals surface area contributed by atoms with E-state index in [9.17, 15) is 9.59 Å². The fourth-order valence-electron chi connectivity index (χ4n) is 2.22. The highest BCUT2D eigenvalue weighted by atomic mass is 32.1. The number of rotatable bonds is 3. The predicted molar refractivity (Wildman–Crippen MR) is 90.8 cm³/mol. The maximum absolute atomic E-state index is 12.2. The molecule has 0 aliphatic carbocycles. The largest absolute Gasteiger partial charge is 0.339 e. The van der Waals surface area contributed by atoms with Gasteiger partial charge < -0.3 is 15.5 Å². The van der Waals surface area contributed by atoms with E-state index in [1.54, 1.807) is 38.1 Å². The van der Waals surface area contributed by atoms with Crippen molar-refractivity contribution in [3.63, 3.8) is 0 Å². The van der Waals surface area contributed by atoms with Gasteiger partial charge in [0.1, 0.15) is 0 Å². The summed E-state index contributed by atoms with van der Waals surface area (Å²) in [5, 5.41) is 5.82. The van der Waals surface area contributed by atoms with Crippen molar-refractivity contribution in [2.24, 2.45) is 5.92 Å². The average molecular weight is 319 g/mol. The van der Waals surface area contributed by atoms with Gasteiger partial charge in [0.05, 0.1) is 0 Å². The van der Waals surface area contributed by atoms with Crippen LogP contribution in [-0.2, 0) is 4.79 Å². The van der Waals surface area contributed by atoms with Gasteiger partial charge in [-0.3, -0.25) is 9.59 Å². The molecule has 0 atom stereocenters. The van der Waals surface area contributed by atoms with Crippen molar-refractivity contribution in [3.05, 3.63) is 29.8 Å². The molecule has 2 rings (SSSR count). The molecular weight excluding hydrogens is 298 g/mol. The van der Waals surface area contributed by atoms with Gasteiger partial charge in [0, 0.05) is 30.3 Å². The first kappa shape index (κ1) is 16.4. The lowest BCUT2D eigenvalue weighted by Crippen LogP contribution is -2.36. The van der Waals surface area contributed by atoms with Crippen LogP contribution in [0.1, 0.15) is 37.0 Å². The molecule has 118 valence electrons. The van der Waals surface area contributed by atoms with Gasteiger partial charge in [-0.25, -0.2) is 0 Å². The Labute approximate surface area is 136 Å². The van der Waals surface area contributed by atoms with Gasteiger partial charge in [-0.05, 0) is 49.3 Å². The van der Waals surface area contributed by atoms with Crippen LogP contribution in [0.4, 0.5) is 5.69 Å². The Balaban J connectivity index is 1.92. The van der Waals surface area contributed by atoms with E-state index in [-0.39, 0.29) is 22.8 Å². The van der Waals surface area contributed by atoms with Gasteiger partial charge in [-0.2, -0.15) is 0 Å². The van der Waals surface area contributed by atoms with E-state index in [1.165, 1.54) is 0 Å². The molecule has 1 aromatic carbocycles. The molecular formula is C16H21N3O2S. The lowest BCUT2D eigenvalue weighted by atomic mass is 10.2. The van der Waals surface area contributed by atoms with Crippen LogP contribution in [0, 0.1) is 5.92 Å². The summed E-state index contributed by atoms with van der Waals surface area (Å²) in [4.78, 5) is 25.6. The van der Waals surface area contributed by atoms with Gasteiger partial charge in [0.15, 0.2) is 5.11 Å². The number of thiocarbonyl (C=S) groups is 1. The molecule has 1 aliphatic rings. The Morgan fingerprint density at radius 1 is 1.14 bits per heavy atom. The van der Waals surface area contributed by atoms with Gasteiger partial charge >= 0.3 is 0 Å². The standard InChI is InChI=1S/C16H21N3O2S/c1-11(2)14(20)18-16(22)17-13-7-5-12(6-8-13)15(21)19-9-3-4-10-19/h5-8,11H,3-4,9-10H2,1-2H3,(H2,17,18,20,22). The molecule has 2 amide bonds. The maximum Gasteiger partial charge on any atom is 0.253 e. The first-order chi connectivity index (χ1) is 10.5. The van der Waals surface area contributed by atoms with Gasteiger partial charge in [-0.1, -0.05) is 13.8 Å². The highest BCUT2D eigenvalue weighted by Crippen LogP contribution is 2.15. The van der Waals surface area contributed by atoms with Crippen LogP contribution in [-0.4, -0.2) is 34.9 Å². The average Bonchev–Trinajstić information content (AvgIpc) is 3.01. The molecule has 0 spiro atoms. The SMILES string of the molecule is CC(C)C(=O)NC(=S)Nc1ccc(C(=O)N2CCCC2)cc1. The van der Waals surface area contributed by atoms with Crippen LogP contribution in [0.25, 0.3) is 0 Å². The van der Waals surface area contributed by atoms with Crippen LogP contribution >= 0.6 is 12.2 Å². The van der Waals surface area contributed by atoms with Gasteiger partial charge in [0.25, 0.3) is 5.91 Å². The molecule has 22 heavy (non-hydrogen) atoms. The number of nitrogens with zero attached hydrogens (tertiary/aromatic N) is 1. The topological polar surface area (TPSA) is 61.4 Å². The summed E-state index contributed by atoms with van der Waals surface area (Å²) >= 11 is 5.09. The number of hydrogen-bond acceptors (Lipinski definition) is 3. The molecule has 0 radical (unpaired) electrons. The number of nitrogens with one attached hydrogen (secondary N) is 2. The van der Waals surface area contributed by atoms with E-state index >= 15 is 0 Å². The minimum Gasteiger partial charge on any atom is -0.339 e. The Hall–Kier alpha value is -1.95. The van der Waals surface area contributed by atoms with Crippen LogP contribution < -0.4 is 10.6 Å². The second-order valence-electron chi connectivity index (χ2n) is 5.67. The highest BCUT2D eigenvalue weighted by Gasteiger charge is 2.19. The Bertz CT molecular complexity index is 563. The highest BCUT2D eigenvalue weighted by molar-refractivity contribution is 7.80. The molecule has 6 heteroatoms. The first-order valence-electron chi connectivity index (χ1n) is 7.48. The summed E-state index contributed by atoms with van der Waals surface area (Å²) in [6, 6.07) is 7.13. The number of carbonyl (C=O) groups excluding carboxylic acids is 2. The molecule has 0 aromatic heterocycles. The minimum absolute atomic E-state index is 0.0692. The molecule has 0 bridgehead atoms. The number of anilines is 1. The fraction of sp³-hybridized carbons (Fsp3) is 0.438. The van der Waals surface area contributed by atoms with Gasteiger partial charge in [0.2, 0.25) is 5.91 Å².